The van der Waals surface area contributed by atoms with Crippen LogP contribution in [0.3, 0.4) is 0 Å². The standard InChI is InChI=1S/C8H12O2/c1-4-5-6(7(9)10-4)8(5,2)3/h4-6H,1-3H3. The summed E-state index contributed by atoms with van der Waals surface area (Å²) < 4.78 is 5.02. The summed E-state index contributed by atoms with van der Waals surface area (Å²) >= 11 is 0. The van der Waals surface area contributed by atoms with Gasteiger partial charge in [-0.3, -0.25) is 4.79 Å². The molecule has 1 saturated carbocycles. The smallest absolute Gasteiger partial charge is 0.310 e. The van der Waals surface area contributed by atoms with Crippen molar-refractivity contribution in [3.05, 3.63) is 0 Å². The Bertz CT molecular complexity index is 195. The third-order valence-corrected chi connectivity index (χ3v) is 2.97. The van der Waals surface area contributed by atoms with Gasteiger partial charge in [-0.25, -0.2) is 0 Å². The molecule has 1 aliphatic heterocycles. The topological polar surface area (TPSA) is 26.3 Å². The molecule has 0 spiro atoms. The molecule has 0 radical (unpaired) electrons. The van der Waals surface area contributed by atoms with Crippen LogP contribution in [-0.2, 0) is 9.53 Å². The van der Waals surface area contributed by atoms with Gasteiger partial charge in [0.1, 0.15) is 6.10 Å². The largest absolute Gasteiger partial charge is 0.462 e. The first-order chi connectivity index (χ1) is 4.55. The van der Waals surface area contributed by atoms with Gasteiger partial charge in [0.15, 0.2) is 0 Å². The van der Waals surface area contributed by atoms with Crippen molar-refractivity contribution in [1.82, 2.24) is 0 Å². The van der Waals surface area contributed by atoms with E-state index in [2.05, 4.69) is 13.8 Å². The number of fused-ring (bicyclic) bond motifs is 1. The van der Waals surface area contributed by atoms with Gasteiger partial charge in [-0.05, 0) is 12.3 Å². The first-order valence-electron chi connectivity index (χ1n) is 3.75. The van der Waals surface area contributed by atoms with Crippen LogP contribution in [0.2, 0.25) is 0 Å². The Kier molecular flexibility index (Phi) is 0.859. The van der Waals surface area contributed by atoms with Crippen LogP contribution in [0, 0.1) is 17.3 Å². The molecule has 2 nitrogen and oxygen atoms in total. The van der Waals surface area contributed by atoms with Gasteiger partial charge in [0, 0.05) is 5.92 Å². The van der Waals surface area contributed by atoms with Gasteiger partial charge in [-0.15, -0.1) is 0 Å². The summed E-state index contributed by atoms with van der Waals surface area (Å²) in [5.74, 6) is 0.727. The summed E-state index contributed by atoms with van der Waals surface area (Å²) in [6.07, 6.45) is 0.160. The average molecular weight is 140 g/mol. The zero-order valence-electron chi connectivity index (χ0n) is 6.55. The Labute approximate surface area is 60.6 Å². The highest BCUT2D eigenvalue weighted by Crippen LogP contribution is 2.64. The van der Waals surface area contributed by atoms with Gasteiger partial charge >= 0.3 is 5.97 Å². The van der Waals surface area contributed by atoms with Crippen LogP contribution in [0.5, 0.6) is 0 Å². The maximum absolute atomic E-state index is 11.0. The van der Waals surface area contributed by atoms with Gasteiger partial charge in [0.25, 0.3) is 0 Å². The average Bonchev–Trinajstić information content (AvgIpc) is 2.17. The number of hydrogen-bond acceptors (Lipinski definition) is 2. The number of cyclic esters (lactones) is 1. The minimum absolute atomic E-state index is 0.0162. The molecule has 0 aromatic rings. The van der Waals surface area contributed by atoms with Gasteiger partial charge in [-0.2, -0.15) is 0 Å². The van der Waals surface area contributed by atoms with Gasteiger partial charge in [0.2, 0.25) is 0 Å². The van der Waals surface area contributed by atoms with E-state index in [-0.39, 0.29) is 23.4 Å². The van der Waals surface area contributed by atoms with Crippen LogP contribution in [-0.4, -0.2) is 12.1 Å². The molecule has 1 aliphatic carbocycles. The fourth-order valence-electron chi connectivity index (χ4n) is 2.33. The lowest BCUT2D eigenvalue weighted by molar-refractivity contribution is -0.146. The predicted molar refractivity (Wildman–Crippen MR) is 36.3 cm³/mol. The lowest BCUT2D eigenvalue weighted by atomic mass is 10.1. The first kappa shape index (κ1) is 6.20. The molecule has 2 aliphatic rings. The number of rotatable bonds is 0. The van der Waals surface area contributed by atoms with E-state index >= 15 is 0 Å². The van der Waals surface area contributed by atoms with Crippen LogP contribution in [0.15, 0.2) is 0 Å². The third kappa shape index (κ3) is 0.482. The van der Waals surface area contributed by atoms with Crippen molar-refractivity contribution in [2.24, 2.45) is 17.3 Å². The molecule has 0 N–H and O–H groups in total. The van der Waals surface area contributed by atoms with Crippen molar-refractivity contribution in [1.29, 1.82) is 0 Å². The molecule has 2 heteroatoms. The molecule has 2 rings (SSSR count). The number of hydrogen-bond donors (Lipinski definition) is 0. The van der Waals surface area contributed by atoms with Crippen molar-refractivity contribution in [3.63, 3.8) is 0 Å². The fourth-order valence-corrected chi connectivity index (χ4v) is 2.33. The second kappa shape index (κ2) is 1.39. The minimum Gasteiger partial charge on any atom is -0.462 e. The zero-order chi connectivity index (χ0) is 7.52. The molecular weight excluding hydrogens is 128 g/mol. The quantitative estimate of drug-likeness (QED) is 0.473. The summed E-state index contributed by atoms with van der Waals surface area (Å²) in [6.45, 7) is 6.26. The summed E-state index contributed by atoms with van der Waals surface area (Å²) in [5, 5.41) is 0. The van der Waals surface area contributed by atoms with Gasteiger partial charge in [0.05, 0.1) is 5.92 Å². The Morgan fingerprint density at radius 1 is 1.50 bits per heavy atom. The van der Waals surface area contributed by atoms with Crippen LogP contribution >= 0.6 is 0 Å². The Morgan fingerprint density at radius 3 is 2.30 bits per heavy atom. The lowest BCUT2D eigenvalue weighted by Crippen LogP contribution is -2.16. The van der Waals surface area contributed by atoms with Crippen LogP contribution < -0.4 is 0 Å². The molecule has 0 bridgehead atoms. The van der Waals surface area contributed by atoms with Crippen LogP contribution in [0.25, 0.3) is 0 Å². The summed E-state index contributed by atoms with van der Waals surface area (Å²) in [6, 6.07) is 0. The maximum atomic E-state index is 11.0. The number of esters is 1. The molecule has 10 heavy (non-hydrogen) atoms. The molecule has 3 unspecified atom stereocenters. The van der Waals surface area contributed by atoms with Crippen molar-refractivity contribution < 1.29 is 9.53 Å². The van der Waals surface area contributed by atoms with E-state index in [0.29, 0.717) is 5.92 Å². The Balaban J connectivity index is 2.25. The molecule has 0 aromatic carbocycles. The molecule has 2 fully saturated rings. The highest BCUT2D eigenvalue weighted by molar-refractivity contribution is 5.80. The fraction of sp³-hybridized carbons (Fsp3) is 0.875. The second-order valence-electron chi connectivity index (χ2n) is 3.97. The molecule has 56 valence electrons. The van der Waals surface area contributed by atoms with Crippen LogP contribution in [0.1, 0.15) is 20.8 Å². The lowest BCUT2D eigenvalue weighted by Gasteiger charge is -2.12. The number of ether oxygens (including phenoxy) is 1. The van der Waals surface area contributed by atoms with Gasteiger partial charge in [-0.1, -0.05) is 13.8 Å². The van der Waals surface area contributed by atoms with E-state index in [0.717, 1.165) is 0 Å². The molecule has 0 amide bonds. The van der Waals surface area contributed by atoms with E-state index < -0.39 is 0 Å². The normalized spacial score (nSPS) is 48.3. The molecule has 1 heterocycles. The molecular formula is C8H12O2. The highest BCUT2D eigenvalue weighted by atomic mass is 16.6. The maximum Gasteiger partial charge on any atom is 0.310 e. The van der Waals surface area contributed by atoms with Gasteiger partial charge < -0.3 is 4.74 Å². The summed E-state index contributed by atoms with van der Waals surface area (Å²) in [4.78, 5) is 11.0. The number of carbonyl (C=O) groups is 1. The molecule has 0 aromatic heterocycles. The predicted octanol–water partition coefficient (Wildman–Crippen LogP) is 1.20. The third-order valence-electron chi connectivity index (χ3n) is 2.97. The summed E-state index contributed by atoms with van der Waals surface area (Å²) in [5.41, 5.74) is 0.231. The van der Waals surface area contributed by atoms with Crippen molar-refractivity contribution in [2.45, 2.75) is 26.9 Å². The monoisotopic (exact) mass is 140 g/mol. The minimum atomic E-state index is 0.0162. The highest BCUT2D eigenvalue weighted by Gasteiger charge is 2.69. The molecule has 1 saturated heterocycles. The second-order valence-corrected chi connectivity index (χ2v) is 3.97. The van der Waals surface area contributed by atoms with Crippen molar-refractivity contribution >= 4 is 5.97 Å². The zero-order valence-corrected chi connectivity index (χ0v) is 6.55. The van der Waals surface area contributed by atoms with E-state index in [9.17, 15) is 4.79 Å². The van der Waals surface area contributed by atoms with Crippen molar-refractivity contribution in [2.75, 3.05) is 0 Å². The van der Waals surface area contributed by atoms with E-state index in [1.807, 2.05) is 6.92 Å². The SMILES string of the molecule is CC1OC(=O)C2C1C2(C)C. The molecule has 3 atom stereocenters. The van der Waals surface area contributed by atoms with E-state index in [1.165, 1.54) is 0 Å². The van der Waals surface area contributed by atoms with E-state index in [4.69, 9.17) is 4.74 Å². The Hall–Kier alpha value is -0.530. The van der Waals surface area contributed by atoms with Crippen molar-refractivity contribution in [3.8, 4) is 0 Å². The Morgan fingerprint density at radius 2 is 2.10 bits per heavy atom. The van der Waals surface area contributed by atoms with Crippen LogP contribution in [0.4, 0.5) is 0 Å². The number of carbonyl (C=O) groups excluding carboxylic acids is 1. The van der Waals surface area contributed by atoms with E-state index in [1.54, 1.807) is 0 Å². The summed E-state index contributed by atoms with van der Waals surface area (Å²) in [7, 11) is 0. The first-order valence-corrected chi connectivity index (χ1v) is 3.75.